The maximum absolute atomic E-state index is 12.8. The molecule has 0 aliphatic rings. The number of esters is 1. The minimum Gasteiger partial charge on any atom is -0.418 e. The summed E-state index contributed by atoms with van der Waals surface area (Å²) in [5, 5.41) is 0.593. The van der Waals surface area contributed by atoms with Gasteiger partial charge in [-0.3, -0.25) is 0 Å². The zero-order valence-corrected chi connectivity index (χ0v) is 15.2. The van der Waals surface area contributed by atoms with E-state index in [1.807, 2.05) is 78.2 Å². The highest BCUT2D eigenvalue weighted by Gasteiger charge is 2.28. The number of nitrogens with zero attached hydrogens (tertiary/aromatic N) is 1. The van der Waals surface area contributed by atoms with Crippen molar-refractivity contribution in [3.63, 3.8) is 0 Å². The third-order valence-electron chi connectivity index (χ3n) is 4.20. The number of rotatable bonds is 4. The Bertz CT molecular complexity index is 1050. The van der Waals surface area contributed by atoms with Gasteiger partial charge in [0.1, 0.15) is 10.4 Å². The number of aromatic nitrogens is 1. The lowest BCUT2D eigenvalue weighted by atomic mass is 10.2. The molecule has 4 aromatic rings. The fourth-order valence-corrected chi connectivity index (χ4v) is 3.90. The van der Waals surface area contributed by atoms with Crippen LogP contribution in [0.25, 0.3) is 10.2 Å². The molecule has 0 atom stereocenters. The van der Waals surface area contributed by atoms with Crippen LogP contribution in [0.2, 0.25) is 0 Å². The molecule has 0 aliphatic heterocycles. The molecule has 0 saturated heterocycles. The van der Waals surface area contributed by atoms with E-state index >= 15 is 0 Å². The minimum absolute atomic E-state index is 0.328. The molecule has 128 valence electrons. The van der Waals surface area contributed by atoms with Crippen molar-refractivity contribution in [3.05, 3.63) is 95.0 Å². The second-order valence-corrected chi connectivity index (χ2v) is 7.18. The molecule has 1 heterocycles. The van der Waals surface area contributed by atoms with Crippen LogP contribution in [0, 0.1) is 6.92 Å². The normalized spacial score (nSPS) is 10.8. The van der Waals surface area contributed by atoms with Gasteiger partial charge in [-0.15, -0.1) is 0 Å². The Labute approximate surface area is 156 Å². The number of fused-ring (bicyclic) bond motifs is 1. The lowest BCUT2D eigenvalue weighted by Crippen LogP contribution is -2.39. The van der Waals surface area contributed by atoms with Crippen molar-refractivity contribution in [1.82, 2.24) is 0 Å². The van der Waals surface area contributed by atoms with Gasteiger partial charge in [-0.25, -0.2) is 4.79 Å². The average Bonchev–Trinajstić information content (AvgIpc) is 3.03. The number of carbonyl (C=O) groups excluding carboxylic acids is 1. The molecule has 3 nitrogen and oxygen atoms in total. The Morgan fingerprint density at radius 1 is 0.923 bits per heavy atom. The van der Waals surface area contributed by atoms with Gasteiger partial charge in [-0.05, 0) is 25.1 Å². The molecule has 0 radical (unpaired) electrons. The SMILES string of the molecule is Cc1ccc(OC(=O)c2sc3ccccc3[n+]2Cc2ccccc2)cc1. The van der Waals surface area contributed by atoms with Crippen molar-refractivity contribution < 1.29 is 14.1 Å². The summed E-state index contributed by atoms with van der Waals surface area (Å²) in [6.45, 7) is 2.63. The summed E-state index contributed by atoms with van der Waals surface area (Å²) in [5.41, 5.74) is 3.31. The van der Waals surface area contributed by atoms with E-state index in [0.717, 1.165) is 21.3 Å². The third-order valence-corrected chi connectivity index (χ3v) is 5.34. The van der Waals surface area contributed by atoms with Gasteiger partial charge in [0.2, 0.25) is 5.52 Å². The first kappa shape index (κ1) is 16.5. The van der Waals surface area contributed by atoms with Crippen LogP contribution in [-0.2, 0) is 6.54 Å². The van der Waals surface area contributed by atoms with Gasteiger partial charge in [0, 0.05) is 11.6 Å². The van der Waals surface area contributed by atoms with E-state index in [4.69, 9.17) is 4.74 Å². The van der Waals surface area contributed by atoms with Crippen molar-refractivity contribution in [1.29, 1.82) is 0 Å². The molecule has 0 bridgehead atoms. The van der Waals surface area contributed by atoms with Crippen molar-refractivity contribution in [2.75, 3.05) is 0 Å². The maximum atomic E-state index is 12.8. The predicted molar refractivity (Wildman–Crippen MR) is 104 cm³/mol. The van der Waals surface area contributed by atoms with E-state index in [1.165, 1.54) is 11.3 Å². The zero-order chi connectivity index (χ0) is 17.9. The van der Waals surface area contributed by atoms with Gasteiger partial charge < -0.3 is 4.74 Å². The number of hydrogen-bond acceptors (Lipinski definition) is 3. The molecular formula is C22H18NO2S+. The number of para-hydroxylation sites is 1. The van der Waals surface area contributed by atoms with E-state index in [2.05, 4.69) is 12.1 Å². The second kappa shape index (κ2) is 7.10. The topological polar surface area (TPSA) is 30.2 Å². The van der Waals surface area contributed by atoms with E-state index < -0.39 is 0 Å². The van der Waals surface area contributed by atoms with Gasteiger partial charge in [0.25, 0.3) is 0 Å². The first-order valence-corrected chi connectivity index (χ1v) is 9.26. The molecule has 26 heavy (non-hydrogen) atoms. The van der Waals surface area contributed by atoms with Crippen LogP contribution in [-0.4, -0.2) is 5.97 Å². The van der Waals surface area contributed by atoms with Crippen molar-refractivity contribution >= 4 is 27.5 Å². The van der Waals surface area contributed by atoms with E-state index in [1.54, 1.807) is 0 Å². The smallest absolute Gasteiger partial charge is 0.418 e. The van der Waals surface area contributed by atoms with Crippen molar-refractivity contribution in [2.24, 2.45) is 0 Å². The summed E-state index contributed by atoms with van der Waals surface area (Å²) in [6, 6.07) is 25.7. The lowest BCUT2D eigenvalue weighted by molar-refractivity contribution is -0.660. The maximum Gasteiger partial charge on any atom is 0.420 e. The fourth-order valence-electron chi connectivity index (χ4n) is 2.87. The number of thiazole rings is 1. The van der Waals surface area contributed by atoms with Crippen LogP contribution in [0.5, 0.6) is 5.75 Å². The van der Waals surface area contributed by atoms with Crippen LogP contribution >= 0.6 is 11.3 Å². The van der Waals surface area contributed by atoms with Gasteiger partial charge in [0.15, 0.2) is 6.54 Å². The van der Waals surface area contributed by atoms with E-state index in [0.29, 0.717) is 17.3 Å². The molecule has 0 aliphatic carbocycles. The quantitative estimate of drug-likeness (QED) is 0.298. The molecule has 0 saturated carbocycles. The number of hydrogen-bond donors (Lipinski definition) is 0. The minimum atomic E-state index is -0.328. The fraction of sp³-hybridized carbons (Fsp3) is 0.0909. The van der Waals surface area contributed by atoms with Gasteiger partial charge in [-0.2, -0.15) is 4.57 Å². The summed E-state index contributed by atoms with van der Waals surface area (Å²) in [4.78, 5) is 12.8. The zero-order valence-electron chi connectivity index (χ0n) is 14.4. The summed E-state index contributed by atoms with van der Waals surface area (Å²) in [6.07, 6.45) is 0. The van der Waals surface area contributed by atoms with Crippen molar-refractivity contribution in [2.45, 2.75) is 13.5 Å². The van der Waals surface area contributed by atoms with Gasteiger partial charge in [-0.1, -0.05) is 71.5 Å². The number of carbonyl (C=O) groups is 1. The average molecular weight is 360 g/mol. The monoisotopic (exact) mass is 360 g/mol. The first-order chi connectivity index (χ1) is 12.7. The second-order valence-electron chi connectivity index (χ2n) is 6.15. The van der Waals surface area contributed by atoms with Crippen molar-refractivity contribution in [3.8, 4) is 5.75 Å². The Hall–Kier alpha value is -2.98. The van der Waals surface area contributed by atoms with Crippen LogP contribution in [0.4, 0.5) is 0 Å². The molecule has 0 unspecified atom stereocenters. The predicted octanol–water partition coefficient (Wildman–Crippen LogP) is 4.76. The van der Waals surface area contributed by atoms with Crippen LogP contribution in [0.3, 0.4) is 0 Å². The Balaban J connectivity index is 1.72. The molecule has 0 N–H and O–H groups in total. The van der Waals surface area contributed by atoms with E-state index in [9.17, 15) is 4.79 Å². The van der Waals surface area contributed by atoms with Crippen LogP contribution < -0.4 is 9.30 Å². The van der Waals surface area contributed by atoms with Gasteiger partial charge in [0.05, 0.1) is 0 Å². The molecule has 1 aromatic heterocycles. The summed E-state index contributed by atoms with van der Waals surface area (Å²) >= 11 is 1.46. The summed E-state index contributed by atoms with van der Waals surface area (Å²) in [7, 11) is 0. The van der Waals surface area contributed by atoms with E-state index in [-0.39, 0.29) is 5.97 Å². The summed E-state index contributed by atoms with van der Waals surface area (Å²) in [5.74, 6) is 0.232. The number of benzene rings is 3. The number of aryl methyl sites for hydroxylation is 1. The molecule has 4 rings (SSSR count). The highest BCUT2D eigenvalue weighted by atomic mass is 32.1. The standard InChI is InChI=1S/C22H18NO2S/c1-16-11-13-18(14-12-16)25-22(24)21-23(15-17-7-3-2-4-8-17)19-9-5-6-10-20(19)26-21/h2-14H,15H2,1H3/q+1. The highest BCUT2D eigenvalue weighted by molar-refractivity contribution is 7.19. The number of ether oxygens (including phenoxy) is 1. The van der Waals surface area contributed by atoms with Gasteiger partial charge >= 0.3 is 11.0 Å². The summed E-state index contributed by atoms with van der Waals surface area (Å²) < 4.78 is 8.72. The molecule has 0 fully saturated rings. The largest absolute Gasteiger partial charge is 0.420 e. The molecule has 0 amide bonds. The third kappa shape index (κ3) is 3.37. The lowest BCUT2D eigenvalue weighted by Gasteiger charge is -2.03. The Kier molecular flexibility index (Phi) is 4.50. The first-order valence-electron chi connectivity index (χ1n) is 8.45. The van der Waals surface area contributed by atoms with Crippen LogP contribution in [0.1, 0.15) is 20.9 Å². The Morgan fingerprint density at radius 2 is 1.62 bits per heavy atom. The Morgan fingerprint density at radius 3 is 2.38 bits per heavy atom. The molecule has 0 spiro atoms. The highest BCUT2D eigenvalue weighted by Crippen LogP contribution is 2.22. The molecule has 3 aromatic carbocycles. The van der Waals surface area contributed by atoms with Crippen LogP contribution in [0.15, 0.2) is 78.9 Å². The molecule has 4 heteroatoms. The molecular weight excluding hydrogens is 342 g/mol.